The first kappa shape index (κ1) is 17.4. The number of hydrogen-bond acceptors (Lipinski definition) is 4. The van der Waals surface area contributed by atoms with Crippen molar-refractivity contribution in [3.05, 3.63) is 47.5 Å². The van der Waals surface area contributed by atoms with Gasteiger partial charge in [0.2, 0.25) is 0 Å². The molecule has 1 aromatic heterocycles. The smallest absolute Gasteiger partial charge is 0.252 e. The standard InChI is InChI=1S/C16H21ClN4O2/c1-15(2,3)16(23,9-21-11-18-10-20-21)8-19-14(22)12-6-4-5-7-13(12)17/h4-7,10-11,23H,8-9H2,1-3H3,(H,19,22). The van der Waals surface area contributed by atoms with Crippen LogP contribution in [0, 0.1) is 5.41 Å². The van der Waals surface area contributed by atoms with E-state index in [4.69, 9.17) is 11.6 Å². The summed E-state index contributed by atoms with van der Waals surface area (Å²) in [5.41, 5.74) is -1.30. The zero-order chi connectivity index (χ0) is 17.1. The normalized spacial score (nSPS) is 14.3. The molecule has 1 unspecified atom stereocenters. The number of aromatic nitrogens is 3. The molecule has 0 aliphatic rings. The Kier molecular flexibility index (Phi) is 5.06. The van der Waals surface area contributed by atoms with Crippen LogP contribution in [0.25, 0.3) is 0 Å². The van der Waals surface area contributed by atoms with Gasteiger partial charge in [-0.05, 0) is 17.5 Å². The Balaban J connectivity index is 2.13. The molecular formula is C16H21ClN4O2. The van der Waals surface area contributed by atoms with E-state index in [0.717, 1.165) is 0 Å². The van der Waals surface area contributed by atoms with E-state index in [9.17, 15) is 9.90 Å². The van der Waals surface area contributed by atoms with Crippen LogP contribution in [0.4, 0.5) is 0 Å². The topological polar surface area (TPSA) is 80.0 Å². The molecule has 0 fully saturated rings. The van der Waals surface area contributed by atoms with E-state index in [-0.39, 0.29) is 19.0 Å². The molecule has 0 radical (unpaired) electrons. The van der Waals surface area contributed by atoms with Gasteiger partial charge in [-0.25, -0.2) is 9.67 Å². The largest absolute Gasteiger partial charge is 0.386 e. The molecule has 1 atom stereocenters. The molecule has 7 heteroatoms. The fourth-order valence-electron chi connectivity index (χ4n) is 2.11. The van der Waals surface area contributed by atoms with E-state index < -0.39 is 11.0 Å². The van der Waals surface area contributed by atoms with Crippen LogP contribution in [0.5, 0.6) is 0 Å². The molecule has 0 saturated heterocycles. The van der Waals surface area contributed by atoms with E-state index in [2.05, 4.69) is 15.4 Å². The highest BCUT2D eigenvalue weighted by Crippen LogP contribution is 2.31. The highest BCUT2D eigenvalue weighted by molar-refractivity contribution is 6.33. The zero-order valence-corrected chi connectivity index (χ0v) is 14.2. The van der Waals surface area contributed by atoms with E-state index in [0.29, 0.717) is 10.6 Å². The molecule has 6 nitrogen and oxygen atoms in total. The Morgan fingerprint density at radius 2 is 2.04 bits per heavy atom. The Morgan fingerprint density at radius 1 is 1.35 bits per heavy atom. The van der Waals surface area contributed by atoms with Gasteiger partial charge < -0.3 is 10.4 Å². The second-order valence-corrected chi connectivity index (χ2v) is 6.94. The third kappa shape index (κ3) is 4.09. The summed E-state index contributed by atoms with van der Waals surface area (Å²) in [6.07, 6.45) is 2.94. The lowest BCUT2D eigenvalue weighted by Gasteiger charge is -2.40. The lowest BCUT2D eigenvalue weighted by atomic mass is 9.76. The number of nitrogens with one attached hydrogen (secondary N) is 1. The van der Waals surface area contributed by atoms with Crippen molar-refractivity contribution in [1.29, 1.82) is 0 Å². The first-order chi connectivity index (χ1) is 10.7. The first-order valence-electron chi connectivity index (χ1n) is 7.30. The van der Waals surface area contributed by atoms with Gasteiger partial charge >= 0.3 is 0 Å². The second-order valence-electron chi connectivity index (χ2n) is 6.54. The molecule has 2 rings (SSSR count). The summed E-state index contributed by atoms with van der Waals surface area (Å²) in [6.45, 7) is 6.02. The quantitative estimate of drug-likeness (QED) is 0.876. The zero-order valence-electron chi connectivity index (χ0n) is 13.5. The molecule has 0 aliphatic heterocycles. The van der Waals surface area contributed by atoms with Crippen molar-refractivity contribution < 1.29 is 9.90 Å². The third-order valence-electron chi connectivity index (χ3n) is 3.95. The van der Waals surface area contributed by atoms with Crippen molar-refractivity contribution >= 4 is 17.5 Å². The first-order valence-corrected chi connectivity index (χ1v) is 7.68. The number of aliphatic hydroxyl groups is 1. The molecule has 0 saturated carbocycles. The fraction of sp³-hybridized carbons (Fsp3) is 0.438. The van der Waals surface area contributed by atoms with Crippen LogP contribution in [0.15, 0.2) is 36.9 Å². The molecule has 0 spiro atoms. The molecule has 0 aliphatic carbocycles. The monoisotopic (exact) mass is 336 g/mol. The summed E-state index contributed by atoms with van der Waals surface area (Å²) >= 11 is 6.03. The fourth-order valence-corrected chi connectivity index (χ4v) is 2.33. The maximum Gasteiger partial charge on any atom is 0.252 e. The Morgan fingerprint density at radius 3 is 2.61 bits per heavy atom. The van der Waals surface area contributed by atoms with Crippen LogP contribution in [-0.2, 0) is 6.54 Å². The van der Waals surface area contributed by atoms with E-state index in [1.807, 2.05) is 20.8 Å². The summed E-state index contributed by atoms with van der Waals surface area (Å²) in [4.78, 5) is 16.2. The molecule has 1 aromatic carbocycles. The van der Waals surface area contributed by atoms with Gasteiger partial charge in [-0.15, -0.1) is 0 Å². The Hall–Kier alpha value is -1.92. The van der Waals surface area contributed by atoms with Gasteiger partial charge in [-0.2, -0.15) is 5.10 Å². The number of rotatable bonds is 5. The maximum atomic E-state index is 12.3. The number of carbonyl (C=O) groups excluding carboxylic acids is 1. The third-order valence-corrected chi connectivity index (χ3v) is 4.28. The Labute approximate surface area is 140 Å². The van der Waals surface area contributed by atoms with Crippen LogP contribution in [0.1, 0.15) is 31.1 Å². The summed E-state index contributed by atoms with van der Waals surface area (Å²) < 4.78 is 1.55. The van der Waals surface area contributed by atoms with Crippen molar-refractivity contribution in [3.8, 4) is 0 Å². The van der Waals surface area contributed by atoms with Crippen LogP contribution in [0.2, 0.25) is 5.02 Å². The number of hydrogen-bond donors (Lipinski definition) is 2. The van der Waals surface area contributed by atoms with Gasteiger partial charge in [0.05, 0.1) is 17.1 Å². The second kappa shape index (κ2) is 6.68. The van der Waals surface area contributed by atoms with Gasteiger partial charge in [0.25, 0.3) is 5.91 Å². The van der Waals surface area contributed by atoms with Crippen LogP contribution in [-0.4, -0.2) is 37.9 Å². The average Bonchev–Trinajstić information content (AvgIpc) is 2.97. The summed E-state index contributed by atoms with van der Waals surface area (Å²) in [6, 6.07) is 6.80. The predicted octanol–water partition coefficient (Wildman–Crippen LogP) is 2.14. The molecule has 124 valence electrons. The average molecular weight is 337 g/mol. The lowest BCUT2D eigenvalue weighted by Crippen LogP contribution is -2.54. The number of carbonyl (C=O) groups is 1. The highest BCUT2D eigenvalue weighted by Gasteiger charge is 2.41. The summed E-state index contributed by atoms with van der Waals surface area (Å²) in [7, 11) is 0. The van der Waals surface area contributed by atoms with Gasteiger partial charge in [0, 0.05) is 6.54 Å². The van der Waals surface area contributed by atoms with Crippen LogP contribution in [0.3, 0.4) is 0 Å². The molecule has 23 heavy (non-hydrogen) atoms. The van der Waals surface area contributed by atoms with Gasteiger partial charge in [-0.3, -0.25) is 4.79 Å². The molecule has 2 aromatic rings. The Bertz CT molecular complexity index is 667. The van der Waals surface area contributed by atoms with Crippen molar-refractivity contribution in [2.75, 3.05) is 6.54 Å². The van der Waals surface area contributed by atoms with E-state index >= 15 is 0 Å². The van der Waals surface area contributed by atoms with Gasteiger partial charge in [0.15, 0.2) is 0 Å². The minimum atomic E-state index is -1.20. The van der Waals surface area contributed by atoms with Crippen LogP contribution >= 0.6 is 11.6 Å². The van der Waals surface area contributed by atoms with E-state index in [1.54, 1.807) is 28.9 Å². The van der Waals surface area contributed by atoms with Crippen LogP contribution < -0.4 is 5.32 Å². The highest BCUT2D eigenvalue weighted by atomic mass is 35.5. The van der Waals surface area contributed by atoms with Crippen molar-refractivity contribution in [1.82, 2.24) is 20.1 Å². The number of nitrogens with zero attached hydrogens (tertiary/aromatic N) is 3. The molecule has 0 bridgehead atoms. The number of halogens is 1. The maximum absolute atomic E-state index is 12.3. The van der Waals surface area contributed by atoms with Crippen molar-refractivity contribution in [3.63, 3.8) is 0 Å². The number of benzene rings is 1. The minimum absolute atomic E-state index is 0.0699. The van der Waals surface area contributed by atoms with E-state index in [1.165, 1.54) is 12.7 Å². The minimum Gasteiger partial charge on any atom is -0.386 e. The van der Waals surface area contributed by atoms with Crippen molar-refractivity contribution in [2.24, 2.45) is 5.41 Å². The lowest BCUT2D eigenvalue weighted by molar-refractivity contribution is -0.0699. The summed E-state index contributed by atoms with van der Waals surface area (Å²) in [5, 5.41) is 18.2. The molecule has 1 amide bonds. The number of amides is 1. The SMILES string of the molecule is CC(C)(C)C(O)(CNC(=O)c1ccccc1Cl)Cn1cncn1. The van der Waals surface area contributed by atoms with Gasteiger partial charge in [0.1, 0.15) is 18.3 Å². The molecular weight excluding hydrogens is 316 g/mol. The molecule has 2 N–H and O–H groups in total. The predicted molar refractivity (Wildman–Crippen MR) is 88.2 cm³/mol. The van der Waals surface area contributed by atoms with Crippen molar-refractivity contribution in [2.45, 2.75) is 32.9 Å². The summed E-state index contributed by atoms with van der Waals surface area (Å²) in [5.74, 6) is -0.322. The van der Waals surface area contributed by atoms with Gasteiger partial charge in [-0.1, -0.05) is 44.5 Å². The molecule has 1 heterocycles.